The maximum absolute atomic E-state index is 12.3. The number of sulfone groups is 1. The molecular weight excluding hydrogens is 344 g/mol. The number of hydrogen-bond acceptors (Lipinski definition) is 5. The Bertz CT molecular complexity index is 733. The fourth-order valence-corrected chi connectivity index (χ4v) is 3.98. The van der Waals surface area contributed by atoms with Gasteiger partial charge in [-0.3, -0.25) is 4.79 Å². The monoisotopic (exact) mass is 361 g/mol. The summed E-state index contributed by atoms with van der Waals surface area (Å²) >= 11 is 0. The summed E-state index contributed by atoms with van der Waals surface area (Å²) in [4.78, 5) is 11.8. The van der Waals surface area contributed by atoms with Crippen molar-refractivity contribution >= 4 is 21.8 Å². The van der Waals surface area contributed by atoms with Crippen molar-refractivity contribution in [2.75, 3.05) is 18.6 Å². The molecule has 1 saturated heterocycles. The van der Waals surface area contributed by atoms with Crippen molar-refractivity contribution in [1.29, 1.82) is 0 Å². The van der Waals surface area contributed by atoms with E-state index in [1.807, 2.05) is 0 Å². The van der Waals surface area contributed by atoms with Gasteiger partial charge in [-0.2, -0.15) is 8.78 Å². The normalized spacial score (nSPS) is 19.6. The molecule has 2 rings (SSSR count). The van der Waals surface area contributed by atoms with Gasteiger partial charge in [0.15, 0.2) is 21.3 Å². The molecule has 0 bridgehead atoms. The Labute approximate surface area is 138 Å². The minimum absolute atomic E-state index is 0.0555. The van der Waals surface area contributed by atoms with E-state index < -0.39 is 22.4 Å². The van der Waals surface area contributed by atoms with Crippen LogP contribution in [0.4, 0.5) is 8.78 Å². The number of ether oxygens (including phenoxy) is 2. The van der Waals surface area contributed by atoms with E-state index in [1.165, 1.54) is 37.5 Å². The molecule has 0 aromatic heterocycles. The summed E-state index contributed by atoms with van der Waals surface area (Å²) in [6.45, 7) is -2.96. The molecule has 24 heavy (non-hydrogen) atoms. The molecule has 1 aliphatic rings. The molecule has 1 fully saturated rings. The largest absolute Gasteiger partial charge is 0.493 e. The van der Waals surface area contributed by atoms with Crippen LogP contribution in [0.3, 0.4) is 0 Å². The smallest absolute Gasteiger partial charge is 0.387 e. The summed E-state index contributed by atoms with van der Waals surface area (Å²) in [6.07, 6.45) is 3.11. The second-order valence-electron chi connectivity index (χ2n) is 5.23. The molecule has 6 nitrogen and oxygen atoms in total. The van der Waals surface area contributed by atoms with Crippen LogP contribution in [0.2, 0.25) is 0 Å². The Morgan fingerprint density at radius 1 is 1.38 bits per heavy atom. The van der Waals surface area contributed by atoms with Gasteiger partial charge < -0.3 is 14.8 Å². The van der Waals surface area contributed by atoms with Crippen LogP contribution in [0, 0.1) is 0 Å². The first-order chi connectivity index (χ1) is 11.3. The van der Waals surface area contributed by atoms with Crippen molar-refractivity contribution in [2.24, 2.45) is 0 Å². The molecule has 1 unspecified atom stereocenters. The zero-order valence-corrected chi connectivity index (χ0v) is 13.7. The van der Waals surface area contributed by atoms with Crippen LogP contribution >= 0.6 is 0 Å². The lowest BCUT2D eigenvalue weighted by atomic mass is 10.2. The third kappa shape index (κ3) is 5.19. The quantitative estimate of drug-likeness (QED) is 0.779. The zero-order chi connectivity index (χ0) is 17.7. The van der Waals surface area contributed by atoms with Crippen LogP contribution in [0.15, 0.2) is 24.3 Å². The van der Waals surface area contributed by atoms with Crippen molar-refractivity contribution in [3.05, 3.63) is 29.8 Å². The molecular formula is C15H17F2NO5S. The fraction of sp³-hybridized carbons (Fsp3) is 0.400. The topological polar surface area (TPSA) is 81.7 Å². The number of halogens is 2. The van der Waals surface area contributed by atoms with Crippen molar-refractivity contribution in [1.82, 2.24) is 5.32 Å². The molecule has 1 aromatic carbocycles. The lowest BCUT2D eigenvalue weighted by molar-refractivity contribution is -0.116. The molecule has 1 aliphatic heterocycles. The van der Waals surface area contributed by atoms with Gasteiger partial charge >= 0.3 is 6.61 Å². The first-order valence-corrected chi connectivity index (χ1v) is 8.93. The number of nitrogens with one attached hydrogen (secondary N) is 1. The van der Waals surface area contributed by atoms with Crippen LogP contribution in [-0.2, 0) is 14.6 Å². The zero-order valence-electron chi connectivity index (χ0n) is 12.9. The van der Waals surface area contributed by atoms with Crippen LogP contribution < -0.4 is 14.8 Å². The highest BCUT2D eigenvalue weighted by Crippen LogP contribution is 2.29. The lowest BCUT2D eigenvalue weighted by Gasteiger charge is -2.10. The van der Waals surface area contributed by atoms with Crippen molar-refractivity contribution in [3.63, 3.8) is 0 Å². The highest BCUT2D eigenvalue weighted by atomic mass is 32.2. The Morgan fingerprint density at radius 2 is 2.12 bits per heavy atom. The number of methoxy groups -OCH3 is 1. The summed E-state index contributed by atoms with van der Waals surface area (Å²) in [7, 11) is -1.75. The minimum Gasteiger partial charge on any atom is -0.493 e. The van der Waals surface area contributed by atoms with Gasteiger partial charge in [0.1, 0.15) is 0 Å². The fourth-order valence-electron chi connectivity index (χ4n) is 2.31. The van der Waals surface area contributed by atoms with E-state index in [-0.39, 0.29) is 29.0 Å². The molecule has 9 heteroatoms. The molecule has 0 radical (unpaired) electrons. The van der Waals surface area contributed by atoms with Gasteiger partial charge in [0.2, 0.25) is 5.91 Å². The van der Waals surface area contributed by atoms with Crippen molar-refractivity contribution in [3.8, 4) is 11.5 Å². The number of hydrogen-bond donors (Lipinski definition) is 1. The Balaban J connectivity index is 1.99. The molecule has 0 aliphatic carbocycles. The van der Waals surface area contributed by atoms with Gasteiger partial charge in [0.25, 0.3) is 0 Å². The van der Waals surface area contributed by atoms with E-state index in [4.69, 9.17) is 4.74 Å². The number of amides is 1. The van der Waals surface area contributed by atoms with Crippen molar-refractivity contribution < 1.29 is 31.5 Å². The molecule has 0 saturated carbocycles. The summed E-state index contributed by atoms with van der Waals surface area (Å²) < 4.78 is 56.4. The van der Waals surface area contributed by atoms with E-state index in [9.17, 15) is 22.0 Å². The van der Waals surface area contributed by atoms with Crippen LogP contribution in [-0.4, -0.2) is 45.6 Å². The second kappa shape index (κ2) is 7.61. The standard InChI is InChI=1S/C15H17F2NO5S/c1-22-13-8-10(2-4-12(13)23-15(16)17)3-5-14(19)18-11-6-7-24(20,21)9-11/h2-5,8,11,15H,6-7,9H2,1H3,(H,18,19). The number of rotatable bonds is 6. The highest BCUT2D eigenvalue weighted by molar-refractivity contribution is 7.91. The Hall–Kier alpha value is -2.16. The first kappa shape index (κ1) is 18.2. The molecule has 1 N–H and O–H groups in total. The third-order valence-corrected chi connectivity index (χ3v) is 5.18. The van der Waals surface area contributed by atoms with E-state index >= 15 is 0 Å². The van der Waals surface area contributed by atoms with Gasteiger partial charge in [-0.15, -0.1) is 0 Å². The molecule has 1 atom stereocenters. The van der Waals surface area contributed by atoms with E-state index in [0.29, 0.717) is 12.0 Å². The van der Waals surface area contributed by atoms with Gasteiger partial charge in [-0.25, -0.2) is 8.42 Å². The molecule has 1 amide bonds. The minimum atomic E-state index is -3.06. The predicted octanol–water partition coefficient (Wildman–Crippen LogP) is 1.61. The summed E-state index contributed by atoms with van der Waals surface area (Å²) in [5.41, 5.74) is 0.544. The first-order valence-electron chi connectivity index (χ1n) is 7.11. The van der Waals surface area contributed by atoms with Gasteiger partial charge in [0, 0.05) is 12.1 Å². The van der Waals surface area contributed by atoms with E-state index in [2.05, 4.69) is 10.1 Å². The highest BCUT2D eigenvalue weighted by Gasteiger charge is 2.28. The Morgan fingerprint density at radius 3 is 2.71 bits per heavy atom. The SMILES string of the molecule is COc1cc(C=CC(=O)NC2CCS(=O)(=O)C2)ccc1OC(F)F. The summed E-state index contributed by atoms with van der Waals surface area (Å²) in [6, 6.07) is 3.86. The number of benzene rings is 1. The average molecular weight is 361 g/mol. The Kier molecular flexibility index (Phi) is 5.76. The van der Waals surface area contributed by atoms with E-state index in [0.717, 1.165) is 0 Å². The van der Waals surface area contributed by atoms with Crippen LogP contribution in [0.25, 0.3) is 6.08 Å². The molecule has 1 heterocycles. The van der Waals surface area contributed by atoms with Crippen LogP contribution in [0.5, 0.6) is 11.5 Å². The van der Waals surface area contributed by atoms with Crippen molar-refractivity contribution in [2.45, 2.75) is 19.1 Å². The summed E-state index contributed by atoms with van der Waals surface area (Å²) in [5.74, 6) is -0.404. The van der Waals surface area contributed by atoms with Gasteiger partial charge in [0.05, 0.1) is 18.6 Å². The van der Waals surface area contributed by atoms with Crippen LogP contribution in [0.1, 0.15) is 12.0 Å². The average Bonchev–Trinajstić information content (AvgIpc) is 2.84. The third-order valence-electron chi connectivity index (χ3n) is 3.41. The number of alkyl halides is 2. The maximum atomic E-state index is 12.3. The van der Waals surface area contributed by atoms with Gasteiger partial charge in [-0.05, 0) is 30.2 Å². The lowest BCUT2D eigenvalue weighted by Crippen LogP contribution is -2.34. The number of carbonyl (C=O) groups excluding carboxylic acids is 1. The number of carbonyl (C=O) groups is 1. The van der Waals surface area contributed by atoms with E-state index in [1.54, 1.807) is 0 Å². The maximum Gasteiger partial charge on any atom is 0.387 e. The van der Waals surface area contributed by atoms with Gasteiger partial charge in [-0.1, -0.05) is 6.07 Å². The summed E-state index contributed by atoms with van der Waals surface area (Å²) in [5, 5.41) is 2.61. The molecule has 0 spiro atoms. The molecule has 1 aromatic rings. The second-order valence-corrected chi connectivity index (χ2v) is 7.46. The predicted molar refractivity (Wildman–Crippen MR) is 83.9 cm³/mol. The molecule has 132 valence electrons.